The van der Waals surface area contributed by atoms with Gasteiger partial charge >= 0.3 is 0 Å². The van der Waals surface area contributed by atoms with Gasteiger partial charge < -0.3 is 20.1 Å². The molecule has 2 N–H and O–H groups in total. The van der Waals surface area contributed by atoms with Crippen molar-refractivity contribution in [1.29, 1.82) is 0 Å². The van der Waals surface area contributed by atoms with E-state index in [1.165, 1.54) is 5.69 Å². The van der Waals surface area contributed by atoms with E-state index in [1.807, 2.05) is 19.1 Å². The fourth-order valence-corrected chi connectivity index (χ4v) is 2.47. The van der Waals surface area contributed by atoms with Crippen LogP contribution in [0.4, 0.5) is 5.69 Å². The number of anilines is 1. The highest BCUT2D eigenvalue weighted by molar-refractivity contribution is 5.49. The zero-order valence-electron chi connectivity index (χ0n) is 11.8. The Morgan fingerprint density at radius 1 is 1.32 bits per heavy atom. The number of benzene rings is 1. The maximum Gasteiger partial charge on any atom is 0.119 e. The summed E-state index contributed by atoms with van der Waals surface area (Å²) in [7, 11) is 1.69. The second-order valence-corrected chi connectivity index (χ2v) is 5.22. The molecule has 4 nitrogen and oxygen atoms in total. The van der Waals surface area contributed by atoms with Gasteiger partial charge in [0, 0.05) is 31.4 Å². The maximum atomic E-state index is 9.28. The van der Waals surface area contributed by atoms with Crippen molar-refractivity contribution in [3.05, 3.63) is 24.3 Å². The molecule has 19 heavy (non-hydrogen) atoms. The van der Waals surface area contributed by atoms with Crippen LogP contribution in [-0.4, -0.2) is 44.0 Å². The summed E-state index contributed by atoms with van der Waals surface area (Å²) in [5.41, 5.74) is 1.26. The highest BCUT2D eigenvalue weighted by Gasteiger charge is 2.19. The Labute approximate surface area is 115 Å². The van der Waals surface area contributed by atoms with Crippen LogP contribution in [0.2, 0.25) is 0 Å². The summed E-state index contributed by atoms with van der Waals surface area (Å²) >= 11 is 0. The van der Waals surface area contributed by atoms with Crippen LogP contribution < -0.4 is 15.0 Å². The summed E-state index contributed by atoms with van der Waals surface area (Å²) in [5, 5.41) is 12.7. The van der Waals surface area contributed by atoms with Crippen LogP contribution in [0.1, 0.15) is 19.8 Å². The lowest BCUT2D eigenvalue weighted by Gasteiger charge is -2.34. The van der Waals surface area contributed by atoms with E-state index in [0.29, 0.717) is 12.6 Å². The highest BCUT2D eigenvalue weighted by Crippen LogP contribution is 2.22. The average Bonchev–Trinajstić information content (AvgIpc) is 2.46. The third-order valence-corrected chi connectivity index (χ3v) is 3.63. The van der Waals surface area contributed by atoms with Crippen molar-refractivity contribution in [2.45, 2.75) is 31.9 Å². The van der Waals surface area contributed by atoms with E-state index < -0.39 is 0 Å². The van der Waals surface area contributed by atoms with E-state index in [0.717, 1.165) is 31.7 Å². The lowest BCUT2D eigenvalue weighted by molar-refractivity contribution is 0.183. The molecule has 1 aromatic rings. The second kappa shape index (κ2) is 6.78. The summed E-state index contributed by atoms with van der Waals surface area (Å²) in [6, 6.07) is 8.77. The molecule has 1 heterocycles. The standard InChI is InChI=1S/C15H24N2O2/c1-12(18)11-16-13-7-9-17(10-8-13)14-3-5-15(19-2)6-4-14/h3-6,12-13,16,18H,7-11H2,1-2H3. The summed E-state index contributed by atoms with van der Waals surface area (Å²) in [5.74, 6) is 0.900. The monoisotopic (exact) mass is 264 g/mol. The van der Waals surface area contributed by atoms with Crippen molar-refractivity contribution in [3.8, 4) is 5.75 Å². The van der Waals surface area contributed by atoms with Gasteiger partial charge in [-0.25, -0.2) is 0 Å². The van der Waals surface area contributed by atoms with Gasteiger partial charge in [0.2, 0.25) is 0 Å². The van der Waals surface area contributed by atoms with Gasteiger partial charge in [0.15, 0.2) is 0 Å². The summed E-state index contributed by atoms with van der Waals surface area (Å²) in [6.45, 7) is 4.63. The molecular weight excluding hydrogens is 240 g/mol. The molecule has 0 saturated carbocycles. The minimum atomic E-state index is -0.264. The van der Waals surface area contributed by atoms with E-state index >= 15 is 0 Å². The van der Waals surface area contributed by atoms with Crippen LogP contribution >= 0.6 is 0 Å². The molecule has 0 bridgehead atoms. The van der Waals surface area contributed by atoms with Crippen molar-refractivity contribution in [3.63, 3.8) is 0 Å². The van der Waals surface area contributed by atoms with E-state index in [-0.39, 0.29) is 6.10 Å². The quantitative estimate of drug-likeness (QED) is 0.848. The number of rotatable bonds is 5. The number of aliphatic hydroxyl groups excluding tert-OH is 1. The van der Waals surface area contributed by atoms with E-state index in [4.69, 9.17) is 4.74 Å². The van der Waals surface area contributed by atoms with Gasteiger partial charge in [0.05, 0.1) is 13.2 Å². The Bertz CT molecular complexity index is 370. The number of nitrogens with one attached hydrogen (secondary N) is 1. The number of nitrogens with zero attached hydrogens (tertiary/aromatic N) is 1. The van der Waals surface area contributed by atoms with Crippen molar-refractivity contribution >= 4 is 5.69 Å². The number of aliphatic hydroxyl groups is 1. The first-order valence-electron chi connectivity index (χ1n) is 6.99. The molecule has 1 atom stereocenters. The van der Waals surface area contributed by atoms with Crippen LogP contribution in [-0.2, 0) is 0 Å². The Kier molecular flexibility index (Phi) is 5.05. The number of methoxy groups -OCH3 is 1. The van der Waals surface area contributed by atoms with Gasteiger partial charge in [-0.15, -0.1) is 0 Å². The molecule has 0 radical (unpaired) electrons. The predicted octanol–water partition coefficient (Wildman–Crippen LogP) is 1.63. The average molecular weight is 264 g/mol. The first-order chi connectivity index (χ1) is 9.19. The molecular formula is C15H24N2O2. The highest BCUT2D eigenvalue weighted by atomic mass is 16.5. The van der Waals surface area contributed by atoms with E-state index in [2.05, 4.69) is 22.3 Å². The molecule has 0 amide bonds. The molecule has 1 aliphatic rings. The number of piperidine rings is 1. The molecule has 0 aromatic heterocycles. The summed E-state index contributed by atoms with van der Waals surface area (Å²) < 4.78 is 5.18. The van der Waals surface area contributed by atoms with Crippen molar-refractivity contribution in [2.75, 3.05) is 31.6 Å². The molecule has 1 fully saturated rings. The minimum absolute atomic E-state index is 0.264. The van der Waals surface area contributed by atoms with Crippen LogP contribution in [0.25, 0.3) is 0 Å². The fraction of sp³-hybridized carbons (Fsp3) is 0.600. The first-order valence-corrected chi connectivity index (χ1v) is 6.99. The molecule has 1 unspecified atom stereocenters. The van der Waals surface area contributed by atoms with E-state index in [1.54, 1.807) is 7.11 Å². The molecule has 1 saturated heterocycles. The van der Waals surface area contributed by atoms with Gasteiger partial charge in [-0.05, 0) is 44.0 Å². The van der Waals surface area contributed by atoms with Gasteiger partial charge in [-0.2, -0.15) is 0 Å². The largest absolute Gasteiger partial charge is 0.497 e. The summed E-state index contributed by atoms with van der Waals surface area (Å²) in [6.07, 6.45) is 1.98. The SMILES string of the molecule is COc1ccc(N2CCC(NCC(C)O)CC2)cc1. The summed E-state index contributed by atoms with van der Waals surface area (Å²) in [4.78, 5) is 2.40. The zero-order chi connectivity index (χ0) is 13.7. The van der Waals surface area contributed by atoms with Crippen LogP contribution in [0.15, 0.2) is 24.3 Å². The number of ether oxygens (including phenoxy) is 1. The number of hydrogen-bond donors (Lipinski definition) is 2. The molecule has 1 aromatic carbocycles. The molecule has 0 spiro atoms. The fourth-order valence-electron chi connectivity index (χ4n) is 2.47. The normalized spacial score (nSPS) is 18.4. The topological polar surface area (TPSA) is 44.7 Å². The Morgan fingerprint density at radius 3 is 2.47 bits per heavy atom. The molecule has 0 aliphatic carbocycles. The van der Waals surface area contributed by atoms with Gasteiger partial charge in [-0.1, -0.05) is 0 Å². The smallest absolute Gasteiger partial charge is 0.119 e. The third kappa shape index (κ3) is 4.11. The lowest BCUT2D eigenvalue weighted by Crippen LogP contribution is -2.44. The lowest BCUT2D eigenvalue weighted by atomic mass is 10.0. The molecule has 2 rings (SSSR count). The van der Waals surface area contributed by atoms with Gasteiger partial charge in [0.25, 0.3) is 0 Å². The third-order valence-electron chi connectivity index (χ3n) is 3.63. The van der Waals surface area contributed by atoms with Crippen molar-refractivity contribution in [1.82, 2.24) is 5.32 Å². The number of hydrogen-bond acceptors (Lipinski definition) is 4. The first kappa shape index (κ1) is 14.2. The van der Waals surface area contributed by atoms with Crippen molar-refractivity contribution < 1.29 is 9.84 Å². The van der Waals surface area contributed by atoms with Crippen molar-refractivity contribution in [2.24, 2.45) is 0 Å². The molecule has 1 aliphatic heterocycles. The van der Waals surface area contributed by atoms with Gasteiger partial charge in [-0.3, -0.25) is 0 Å². The van der Waals surface area contributed by atoms with E-state index in [9.17, 15) is 5.11 Å². The predicted molar refractivity (Wildman–Crippen MR) is 77.9 cm³/mol. The molecule has 106 valence electrons. The minimum Gasteiger partial charge on any atom is -0.497 e. The van der Waals surface area contributed by atoms with Crippen LogP contribution in [0.3, 0.4) is 0 Å². The Hall–Kier alpha value is -1.26. The zero-order valence-corrected chi connectivity index (χ0v) is 11.8. The van der Waals surface area contributed by atoms with Crippen LogP contribution in [0, 0.1) is 0 Å². The van der Waals surface area contributed by atoms with Crippen LogP contribution in [0.5, 0.6) is 5.75 Å². The maximum absolute atomic E-state index is 9.28. The Morgan fingerprint density at radius 2 is 1.95 bits per heavy atom. The molecule has 4 heteroatoms. The second-order valence-electron chi connectivity index (χ2n) is 5.22. The Balaban J connectivity index is 1.81. The van der Waals surface area contributed by atoms with Gasteiger partial charge in [0.1, 0.15) is 5.75 Å².